The third-order valence-electron chi connectivity index (χ3n) is 6.37. The summed E-state index contributed by atoms with van der Waals surface area (Å²) in [7, 11) is 0. The third kappa shape index (κ3) is 5.72. The zero-order valence-electron chi connectivity index (χ0n) is 19.2. The molecule has 2 saturated heterocycles. The van der Waals surface area contributed by atoms with Gasteiger partial charge in [0.2, 0.25) is 5.91 Å². The van der Waals surface area contributed by atoms with Crippen molar-refractivity contribution in [1.29, 1.82) is 0 Å². The maximum absolute atomic E-state index is 14.9. The molecular weight excluding hydrogens is 435 g/mol. The second kappa shape index (κ2) is 10.6. The van der Waals surface area contributed by atoms with Crippen molar-refractivity contribution in [3.63, 3.8) is 0 Å². The Hall–Kier alpha value is -3.46. The van der Waals surface area contributed by atoms with Crippen LogP contribution in [0.4, 0.5) is 21.7 Å². The van der Waals surface area contributed by atoms with Crippen LogP contribution in [0, 0.1) is 5.82 Å². The highest BCUT2D eigenvalue weighted by molar-refractivity contribution is 5.98. The summed E-state index contributed by atoms with van der Waals surface area (Å²) in [5.74, 6) is -1.35. The van der Waals surface area contributed by atoms with E-state index in [9.17, 15) is 14.0 Å². The summed E-state index contributed by atoms with van der Waals surface area (Å²) in [6.07, 6.45) is 5.39. The number of hydrogen-bond acceptors (Lipinski definition) is 6. The first-order valence-electron chi connectivity index (χ1n) is 11.7. The van der Waals surface area contributed by atoms with Crippen LogP contribution in [0.3, 0.4) is 0 Å². The lowest BCUT2D eigenvalue weighted by Gasteiger charge is -2.20. The van der Waals surface area contributed by atoms with Gasteiger partial charge in [-0.25, -0.2) is 9.37 Å². The van der Waals surface area contributed by atoms with E-state index in [1.165, 1.54) is 37.6 Å². The number of hydrogen-bond donors (Lipinski definition) is 3. The van der Waals surface area contributed by atoms with Crippen molar-refractivity contribution in [1.82, 2.24) is 15.2 Å². The number of aromatic nitrogens is 1. The van der Waals surface area contributed by atoms with Crippen LogP contribution in [-0.2, 0) is 11.2 Å². The normalized spacial score (nSPS) is 18.1. The largest absolute Gasteiger partial charge is 0.365 e. The fourth-order valence-electron chi connectivity index (χ4n) is 4.50. The second-order valence-electron chi connectivity index (χ2n) is 8.82. The number of nitrogens with two attached hydrogens (primary N) is 1. The van der Waals surface area contributed by atoms with Crippen molar-refractivity contribution in [2.75, 3.05) is 42.9 Å². The first-order chi connectivity index (χ1) is 16.4. The molecule has 2 aliphatic heterocycles. The maximum atomic E-state index is 14.9. The number of pyridine rings is 1. The number of nitrogens with zero attached hydrogens (tertiary/aromatic N) is 3. The van der Waals surface area contributed by atoms with E-state index < -0.39 is 11.7 Å². The lowest BCUT2D eigenvalue weighted by Crippen LogP contribution is -2.36. The molecular formula is C25H31FN6O2. The van der Waals surface area contributed by atoms with Crippen molar-refractivity contribution in [2.45, 2.75) is 31.7 Å². The molecule has 2 aliphatic rings. The molecule has 34 heavy (non-hydrogen) atoms. The van der Waals surface area contributed by atoms with Crippen LogP contribution in [0.2, 0.25) is 0 Å². The van der Waals surface area contributed by atoms with E-state index in [0.717, 1.165) is 24.7 Å². The van der Waals surface area contributed by atoms with Crippen LogP contribution in [0.1, 0.15) is 35.2 Å². The van der Waals surface area contributed by atoms with Crippen LogP contribution in [-0.4, -0.2) is 60.5 Å². The van der Waals surface area contributed by atoms with Gasteiger partial charge in [0.05, 0.1) is 5.56 Å². The Morgan fingerprint density at radius 1 is 1.21 bits per heavy atom. The van der Waals surface area contributed by atoms with Gasteiger partial charge in [-0.3, -0.25) is 9.59 Å². The number of primary amides is 1. The van der Waals surface area contributed by atoms with Crippen LogP contribution in [0.5, 0.6) is 0 Å². The average molecular weight is 467 g/mol. The van der Waals surface area contributed by atoms with E-state index in [2.05, 4.69) is 27.1 Å². The Balaban J connectivity index is 1.47. The van der Waals surface area contributed by atoms with Gasteiger partial charge < -0.3 is 26.2 Å². The fourth-order valence-corrected chi connectivity index (χ4v) is 4.50. The van der Waals surface area contributed by atoms with Gasteiger partial charge in [0, 0.05) is 31.4 Å². The quantitative estimate of drug-likeness (QED) is 0.491. The van der Waals surface area contributed by atoms with Crippen LogP contribution >= 0.6 is 0 Å². The van der Waals surface area contributed by atoms with Crippen LogP contribution < -0.4 is 21.3 Å². The smallest absolute Gasteiger partial charge is 0.252 e. The number of halogens is 1. The van der Waals surface area contributed by atoms with E-state index in [0.29, 0.717) is 19.5 Å². The number of rotatable bonds is 9. The van der Waals surface area contributed by atoms with Gasteiger partial charge >= 0.3 is 0 Å². The molecule has 1 unspecified atom stereocenters. The van der Waals surface area contributed by atoms with Gasteiger partial charge in [-0.2, -0.15) is 0 Å². The van der Waals surface area contributed by atoms with E-state index in [1.54, 1.807) is 4.90 Å². The van der Waals surface area contributed by atoms with Gasteiger partial charge in [0.25, 0.3) is 5.91 Å². The molecule has 0 spiro atoms. The van der Waals surface area contributed by atoms with Crippen LogP contribution in [0.15, 0.2) is 43.0 Å². The van der Waals surface area contributed by atoms with E-state index in [1.807, 2.05) is 24.3 Å². The number of carbonyl (C=O) groups excluding carboxylic acids is 2. The first-order valence-corrected chi connectivity index (χ1v) is 11.7. The van der Waals surface area contributed by atoms with Gasteiger partial charge in [-0.15, -0.1) is 0 Å². The molecule has 1 aromatic carbocycles. The zero-order chi connectivity index (χ0) is 24.1. The third-order valence-corrected chi connectivity index (χ3v) is 6.37. The van der Waals surface area contributed by atoms with Crippen molar-refractivity contribution >= 4 is 29.1 Å². The zero-order valence-corrected chi connectivity index (χ0v) is 19.2. The molecule has 1 atom stereocenters. The molecule has 2 amide bonds. The summed E-state index contributed by atoms with van der Waals surface area (Å²) in [5.41, 5.74) is 7.44. The standard InChI is InChI=1S/C25H31FN6O2/c1-2-22(33)28-19-10-14-32(16-19)25-21(26)15-20(23(27)34)24(30-25)29-18-7-5-17(6-8-18)9-13-31-11-3-4-12-31/h2,5-8,15,19H,1,3-4,9-14,16H2,(H2,27,34)(H,28,33)(H,29,30). The Morgan fingerprint density at radius 3 is 2.62 bits per heavy atom. The van der Waals surface area contributed by atoms with Gasteiger partial charge in [-0.05, 0) is 68.6 Å². The molecule has 1 aromatic heterocycles. The number of amides is 2. The lowest BCUT2D eigenvalue weighted by atomic mass is 10.1. The average Bonchev–Trinajstić information content (AvgIpc) is 3.51. The topological polar surface area (TPSA) is 104 Å². The Morgan fingerprint density at radius 2 is 1.94 bits per heavy atom. The summed E-state index contributed by atoms with van der Waals surface area (Å²) in [5, 5.41) is 5.95. The molecule has 2 aromatic rings. The predicted molar refractivity (Wildman–Crippen MR) is 131 cm³/mol. The highest BCUT2D eigenvalue weighted by Gasteiger charge is 2.28. The van der Waals surface area contributed by atoms with Crippen molar-refractivity contribution in [3.05, 3.63) is 59.9 Å². The van der Waals surface area contributed by atoms with Crippen molar-refractivity contribution in [2.24, 2.45) is 5.73 Å². The minimum Gasteiger partial charge on any atom is -0.365 e. The first kappa shape index (κ1) is 23.7. The second-order valence-corrected chi connectivity index (χ2v) is 8.82. The fraction of sp³-hybridized carbons (Fsp3) is 0.400. The van der Waals surface area contributed by atoms with Crippen molar-refractivity contribution < 1.29 is 14.0 Å². The molecule has 4 rings (SSSR count). The summed E-state index contributed by atoms with van der Waals surface area (Å²) in [4.78, 5) is 32.2. The molecule has 9 heteroatoms. The molecule has 8 nitrogen and oxygen atoms in total. The Kier molecular flexibility index (Phi) is 7.42. The number of anilines is 3. The molecule has 0 aliphatic carbocycles. The Labute approximate surface area is 199 Å². The monoisotopic (exact) mass is 466 g/mol. The number of carbonyl (C=O) groups is 2. The predicted octanol–water partition coefficient (Wildman–Crippen LogP) is 2.58. The number of likely N-dealkylation sites (tertiary alicyclic amines) is 1. The Bertz CT molecular complexity index is 1050. The van der Waals surface area contributed by atoms with E-state index >= 15 is 0 Å². The molecule has 3 heterocycles. The summed E-state index contributed by atoms with van der Waals surface area (Å²) in [6, 6.07) is 8.91. The summed E-state index contributed by atoms with van der Waals surface area (Å²) >= 11 is 0. The lowest BCUT2D eigenvalue weighted by molar-refractivity contribution is -0.117. The molecule has 2 fully saturated rings. The summed E-state index contributed by atoms with van der Waals surface area (Å²) < 4.78 is 14.9. The minimum atomic E-state index is -0.764. The molecule has 0 bridgehead atoms. The highest BCUT2D eigenvalue weighted by atomic mass is 19.1. The summed E-state index contributed by atoms with van der Waals surface area (Å²) in [6.45, 7) is 7.77. The van der Waals surface area contributed by atoms with E-state index in [-0.39, 0.29) is 29.1 Å². The van der Waals surface area contributed by atoms with E-state index in [4.69, 9.17) is 5.73 Å². The molecule has 0 radical (unpaired) electrons. The minimum absolute atomic E-state index is 0.0185. The highest BCUT2D eigenvalue weighted by Crippen LogP contribution is 2.28. The maximum Gasteiger partial charge on any atom is 0.252 e. The number of nitrogens with one attached hydrogen (secondary N) is 2. The molecule has 0 saturated carbocycles. The molecule has 4 N–H and O–H groups in total. The van der Waals surface area contributed by atoms with Crippen molar-refractivity contribution in [3.8, 4) is 0 Å². The molecule has 180 valence electrons. The van der Waals surface area contributed by atoms with Gasteiger partial charge in [0.15, 0.2) is 11.6 Å². The number of benzene rings is 1. The SMILES string of the molecule is C=CC(=O)NC1CCN(c2nc(Nc3ccc(CCN4CCCC4)cc3)c(C(N)=O)cc2F)C1. The van der Waals surface area contributed by atoms with Gasteiger partial charge in [0.1, 0.15) is 5.82 Å². The van der Waals surface area contributed by atoms with Crippen LogP contribution in [0.25, 0.3) is 0 Å². The van der Waals surface area contributed by atoms with Gasteiger partial charge in [-0.1, -0.05) is 18.7 Å².